The molecule has 14 heavy (non-hydrogen) atoms. The van der Waals surface area contributed by atoms with E-state index in [2.05, 4.69) is 46.9 Å². The summed E-state index contributed by atoms with van der Waals surface area (Å²) in [6.07, 6.45) is 4.36. The second-order valence-electron chi connectivity index (χ2n) is 4.18. The topological polar surface area (TPSA) is 9.23 Å². The third kappa shape index (κ3) is 1.27. The number of rotatable bonds is 0. The van der Waals surface area contributed by atoms with Crippen molar-refractivity contribution in [2.75, 3.05) is 0 Å². The van der Waals surface area contributed by atoms with Gasteiger partial charge >= 0.3 is 0 Å². The van der Waals surface area contributed by atoms with Crippen LogP contribution in [0.1, 0.15) is 30.7 Å². The Balaban J connectivity index is 2.08. The molecule has 1 heterocycles. The normalized spacial score (nSPS) is 34.5. The quantitative estimate of drug-likeness (QED) is 0.526. The summed E-state index contributed by atoms with van der Waals surface area (Å²) in [5.41, 5.74) is 1.43. The number of benzene rings is 1. The van der Waals surface area contributed by atoms with Crippen molar-refractivity contribution in [3.8, 4) is 5.75 Å². The summed E-state index contributed by atoms with van der Waals surface area (Å²) in [5.74, 6) is 1.87. The Bertz CT molecular complexity index is 350. The second kappa shape index (κ2) is 3.40. The highest BCUT2D eigenvalue weighted by Gasteiger charge is 2.38. The molecule has 74 valence electrons. The van der Waals surface area contributed by atoms with E-state index in [1.54, 1.807) is 0 Å². The van der Waals surface area contributed by atoms with E-state index in [1.807, 2.05) is 0 Å². The van der Waals surface area contributed by atoms with Gasteiger partial charge in [0.05, 0.1) is 3.92 Å². The molecule has 1 aliphatic heterocycles. The van der Waals surface area contributed by atoms with Crippen LogP contribution in [0.5, 0.6) is 5.75 Å². The zero-order valence-electron chi connectivity index (χ0n) is 7.95. The van der Waals surface area contributed by atoms with Gasteiger partial charge in [0.15, 0.2) is 0 Å². The molecule has 0 unspecified atom stereocenters. The summed E-state index contributed by atoms with van der Waals surface area (Å²) in [6.45, 7) is 0. The summed E-state index contributed by atoms with van der Waals surface area (Å²) in [6, 6.07) is 8.54. The monoisotopic (exact) mass is 300 g/mol. The van der Waals surface area contributed by atoms with Crippen molar-refractivity contribution in [2.45, 2.75) is 35.2 Å². The third-order valence-electron chi connectivity index (χ3n) is 3.34. The molecule has 0 saturated heterocycles. The number of fused-ring (bicyclic) bond motifs is 4. The van der Waals surface area contributed by atoms with Crippen molar-refractivity contribution >= 4 is 22.6 Å². The zero-order chi connectivity index (χ0) is 9.54. The lowest BCUT2D eigenvalue weighted by atomic mass is 9.80. The van der Waals surface area contributed by atoms with Gasteiger partial charge < -0.3 is 4.74 Å². The Labute approximate surface area is 98.0 Å². The van der Waals surface area contributed by atoms with Gasteiger partial charge in [-0.1, -0.05) is 40.8 Å². The third-order valence-corrected chi connectivity index (χ3v) is 5.01. The van der Waals surface area contributed by atoms with Gasteiger partial charge in [-0.25, -0.2) is 0 Å². The number of alkyl halides is 1. The van der Waals surface area contributed by atoms with Crippen LogP contribution in [-0.4, -0.2) is 10.0 Å². The largest absolute Gasteiger partial charge is 0.489 e. The van der Waals surface area contributed by atoms with Gasteiger partial charge in [0.25, 0.3) is 0 Å². The summed E-state index contributed by atoms with van der Waals surface area (Å²) < 4.78 is 6.68. The van der Waals surface area contributed by atoms with Crippen LogP contribution in [0.3, 0.4) is 0 Å². The molecule has 1 nitrogen and oxygen atoms in total. The van der Waals surface area contributed by atoms with Gasteiger partial charge in [0.1, 0.15) is 11.9 Å². The first kappa shape index (κ1) is 9.01. The lowest BCUT2D eigenvalue weighted by molar-refractivity contribution is 0.133. The molecule has 0 amide bonds. The maximum atomic E-state index is 6.01. The maximum Gasteiger partial charge on any atom is 0.123 e. The number of hydrogen-bond acceptors (Lipinski definition) is 1. The van der Waals surface area contributed by atoms with Crippen LogP contribution in [0, 0.1) is 0 Å². The molecule has 2 aliphatic rings. The van der Waals surface area contributed by atoms with E-state index < -0.39 is 0 Å². The fourth-order valence-corrected chi connectivity index (χ4v) is 3.88. The molecular formula is C12H13IO. The number of para-hydroxylation sites is 1. The molecule has 0 aromatic heterocycles. The minimum absolute atomic E-state index is 0.462. The Morgan fingerprint density at radius 3 is 3.00 bits per heavy atom. The Kier molecular flexibility index (Phi) is 2.19. The lowest BCUT2D eigenvalue weighted by Crippen LogP contribution is -2.39. The van der Waals surface area contributed by atoms with Gasteiger partial charge in [-0.05, 0) is 30.9 Å². The van der Waals surface area contributed by atoms with E-state index in [0.29, 0.717) is 10.0 Å². The predicted molar refractivity (Wildman–Crippen MR) is 65.3 cm³/mol. The minimum Gasteiger partial charge on any atom is -0.489 e. The highest BCUT2D eigenvalue weighted by atomic mass is 127. The standard InChI is InChI=1S/C12H13IO/c13-12-9-5-3-7-11(12)14-10-6-2-1-4-8(9)10/h1-2,4,6,9,11-12H,3,5,7H2/t9-,11-,12-/m1/s1. The number of hydrogen-bond donors (Lipinski definition) is 0. The van der Waals surface area contributed by atoms with Crippen molar-refractivity contribution in [3.05, 3.63) is 29.8 Å². The molecule has 1 aliphatic carbocycles. The number of halogens is 1. The van der Waals surface area contributed by atoms with Crippen molar-refractivity contribution in [2.24, 2.45) is 0 Å². The van der Waals surface area contributed by atoms with Gasteiger partial charge in [0.2, 0.25) is 0 Å². The molecule has 3 rings (SSSR count). The van der Waals surface area contributed by atoms with E-state index >= 15 is 0 Å². The predicted octanol–water partition coefficient (Wildman–Crippen LogP) is 3.52. The summed E-state index contributed by atoms with van der Waals surface area (Å²) in [7, 11) is 0. The molecule has 0 spiro atoms. The van der Waals surface area contributed by atoms with E-state index in [4.69, 9.17) is 4.74 Å². The molecule has 1 fully saturated rings. The minimum atomic E-state index is 0.462. The Morgan fingerprint density at radius 2 is 2.07 bits per heavy atom. The van der Waals surface area contributed by atoms with Crippen molar-refractivity contribution in [1.29, 1.82) is 0 Å². The van der Waals surface area contributed by atoms with Crippen molar-refractivity contribution < 1.29 is 4.74 Å². The smallest absolute Gasteiger partial charge is 0.123 e. The molecule has 1 aromatic rings. The molecule has 1 saturated carbocycles. The van der Waals surface area contributed by atoms with Crippen LogP contribution in [0.2, 0.25) is 0 Å². The van der Waals surface area contributed by atoms with E-state index in [-0.39, 0.29) is 0 Å². The molecule has 2 bridgehead atoms. The van der Waals surface area contributed by atoms with Crippen LogP contribution in [-0.2, 0) is 0 Å². The van der Waals surface area contributed by atoms with Gasteiger partial charge in [-0.2, -0.15) is 0 Å². The maximum absolute atomic E-state index is 6.01. The highest BCUT2D eigenvalue weighted by Crippen LogP contribution is 2.46. The first-order valence-corrected chi connectivity index (χ1v) is 6.50. The molecule has 0 N–H and O–H groups in total. The van der Waals surface area contributed by atoms with Gasteiger partial charge in [-0.15, -0.1) is 0 Å². The van der Waals surface area contributed by atoms with Crippen LogP contribution < -0.4 is 4.74 Å². The fourth-order valence-electron chi connectivity index (χ4n) is 2.62. The van der Waals surface area contributed by atoms with E-state index in [1.165, 1.54) is 24.8 Å². The van der Waals surface area contributed by atoms with E-state index in [0.717, 1.165) is 11.7 Å². The Hall–Kier alpha value is -0.250. The average molecular weight is 300 g/mol. The van der Waals surface area contributed by atoms with Gasteiger partial charge in [0, 0.05) is 5.92 Å². The second-order valence-corrected chi connectivity index (χ2v) is 5.61. The van der Waals surface area contributed by atoms with Crippen LogP contribution >= 0.6 is 22.6 Å². The molecule has 0 radical (unpaired) electrons. The average Bonchev–Trinajstić information content (AvgIpc) is 2.18. The summed E-state index contributed by atoms with van der Waals surface area (Å²) >= 11 is 2.57. The first-order valence-electron chi connectivity index (χ1n) is 5.26. The van der Waals surface area contributed by atoms with Gasteiger partial charge in [-0.3, -0.25) is 0 Å². The molecule has 2 heteroatoms. The summed E-state index contributed by atoms with van der Waals surface area (Å²) in [5, 5.41) is 0. The Morgan fingerprint density at radius 1 is 1.21 bits per heavy atom. The molecule has 3 atom stereocenters. The first-order chi connectivity index (χ1) is 6.86. The van der Waals surface area contributed by atoms with Crippen LogP contribution in [0.4, 0.5) is 0 Å². The van der Waals surface area contributed by atoms with Crippen molar-refractivity contribution in [1.82, 2.24) is 0 Å². The van der Waals surface area contributed by atoms with Crippen molar-refractivity contribution in [3.63, 3.8) is 0 Å². The molecule has 1 aromatic carbocycles. The number of ether oxygens (including phenoxy) is 1. The zero-order valence-corrected chi connectivity index (χ0v) is 10.1. The summed E-state index contributed by atoms with van der Waals surface area (Å²) in [4.78, 5) is 0. The van der Waals surface area contributed by atoms with E-state index in [9.17, 15) is 0 Å². The van der Waals surface area contributed by atoms with Crippen LogP contribution in [0.15, 0.2) is 24.3 Å². The SMILES string of the molecule is I[C@@H]1[C@@H]2CCC[C@H]1Oc1ccccc12. The van der Waals surface area contributed by atoms with Crippen LogP contribution in [0.25, 0.3) is 0 Å². The highest BCUT2D eigenvalue weighted by molar-refractivity contribution is 14.1. The fraction of sp³-hybridized carbons (Fsp3) is 0.500. The lowest BCUT2D eigenvalue weighted by Gasteiger charge is -2.40. The molecular weight excluding hydrogens is 287 g/mol.